The highest BCUT2D eigenvalue weighted by molar-refractivity contribution is 7.53. The zero-order valence-corrected chi connectivity index (χ0v) is 37.0. The van der Waals surface area contributed by atoms with Gasteiger partial charge in [0.05, 0.1) is 19.4 Å². The van der Waals surface area contributed by atoms with Crippen LogP contribution in [0.5, 0.6) is 0 Å². The maximum Gasteiger partial charge on any atom is 0.330 e. The van der Waals surface area contributed by atoms with Crippen molar-refractivity contribution in [2.45, 2.75) is 226 Å². The topological polar surface area (TPSA) is 97.6 Å². The van der Waals surface area contributed by atoms with Gasteiger partial charge in [-0.05, 0) is 90.8 Å². The lowest BCUT2D eigenvalue weighted by Gasteiger charge is -2.19. The van der Waals surface area contributed by atoms with E-state index in [0.29, 0.717) is 19.4 Å². The molecule has 53 heavy (non-hydrogen) atoms. The van der Waals surface area contributed by atoms with Crippen molar-refractivity contribution < 1.29 is 13.6 Å². The third kappa shape index (κ3) is 44.6. The Bertz CT molecular complexity index is 627. The van der Waals surface area contributed by atoms with Crippen molar-refractivity contribution in [1.29, 1.82) is 0 Å². The Balaban J connectivity index is 4.08. The van der Waals surface area contributed by atoms with Crippen molar-refractivity contribution in [2.24, 2.45) is 5.73 Å². The Morgan fingerprint density at radius 3 is 0.981 bits per heavy atom. The number of nitrogens with two attached hydrogens (primary N) is 1. The first-order chi connectivity index (χ1) is 26.2. The van der Waals surface area contributed by atoms with E-state index in [2.05, 4.69) is 29.8 Å². The van der Waals surface area contributed by atoms with Crippen LogP contribution in [-0.2, 0) is 13.6 Å². The minimum absolute atomic E-state index is 0.523. The lowest BCUT2D eigenvalue weighted by atomic mass is 10.0. The zero-order chi connectivity index (χ0) is 38.4. The van der Waals surface area contributed by atoms with E-state index in [0.717, 1.165) is 90.8 Å². The average Bonchev–Trinajstić information content (AvgIpc) is 3.16. The highest BCUT2D eigenvalue weighted by Crippen LogP contribution is 2.49. The van der Waals surface area contributed by atoms with E-state index in [-0.39, 0.29) is 0 Å². The first-order valence-electron chi connectivity index (χ1n) is 23.9. The molecular formula is C45H97N4O3P. The summed E-state index contributed by atoms with van der Waals surface area (Å²) in [6, 6.07) is 0. The van der Waals surface area contributed by atoms with Gasteiger partial charge in [0.1, 0.15) is 0 Å². The van der Waals surface area contributed by atoms with E-state index >= 15 is 0 Å². The second-order valence-electron chi connectivity index (χ2n) is 16.0. The van der Waals surface area contributed by atoms with Crippen LogP contribution in [0.1, 0.15) is 226 Å². The number of hydrogen-bond donors (Lipinski definition) is 4. The average molecular weight is 773 g/mol. The smallest absolute Gasteiger partial charge is 0.330 e. The molecule has 5 N–H and O–H groups in total. The molecule has 0 aromatic heterocycles. The van der Waals surface area contributed by atoms with Crippen molar-refractivity contribution in [2.75, 3.05) is 65.2 Å². The van der Waals surface area contributed by atoms with Crippen LogP contribution in [0.3, 0.4) is 0 Å². The summed E-state index contributed by atoms with van der Waals surface area (Å²) >= 11 is 0. The summed E-state index contributed by atoms with van der Waals surface area (Å²) in [7, 11) is -3.04. The third-order valence-corrected chi connectivity index (χ3v) is 12.6. The summed E-state index contributed by atoms with van der Waals surface area (Å²) in [6.07, 6.45) is 43.4. The molecule has 0 aliphatic heterocycles. The molecule has 0 rings (SSSR count). The quantitative estimate of drug-likeness (QED) is 0.0361. The van der Waals surface area contributed by atoms with Crippen LogP contribution in [0.25, 0.3) is 0 Å². The molecule has 0 atom stereocenters. The molecule has 0 spiro atoms. The first-order valence-corrected chi connectivity index (χ1v) is 25.6. The highest BCUT2D eigenvalue weighted by atomic mass is 31.2. The standard InChI is InChI=1S/C45H97N4O3P/c1-3-5-7-9-11-13-15-17-19-21-23-25-27-31-43-51-53(50,45-35-42-49-41-34-40-48-38-30-29-37-47-39-33-36-46)52-44-32-28-26-24-22-20-18-16-14-12-10-8-6-4-2/h47-49H,3-46H2,1-2H3. The van der Waals surface area contributed by atoms with Gasteiger partial charge in [0.25, 0.3) is 0 Å². The van der Waals surface area contributed by atoms with E-state index in [1.807, 2.05) is 0 Å². The summed E-state index contributed by atoms with van der Waals surface area (Å²) in [4.78, 5) is 0. The van der Waals surface area contributed by atoms with Crippen LogP contribution in [-0.4, -0.2) is 65.2 Å². The Hall–Kier alpha value is -0.0100. The largest absolute Gasteiger partial charge is 0.330 e. The molecule has 0 bridgehead atoms. The Kier molecular flexibility index (Phi) is 46.4. The van der Waals surface area contributed by atoms with Gasteiger partial charge in [-0.1, -0.05) is 181 Å². The molecule has 0 radical (unpaired) electrons. The fraction of sp³-hybridized carbons (Fsp3) is 1.00. The van der Waals surface area contributed by atoms with Gasteiger partial charge in [0.2, 0.25) is 0 Å². The molecule has 0 saturated carbocycles. The molecule has 0 amide bonds. The Morgan fingerprint density at radius 2 is 0.642 bits per heavy atom. The Morgan fingerprint density at radius 1 is 0.358 bits per heavy atom. The summed E-state index contributed by atoms with van der Waals surface area (Å²) in [5.74, 6) is 0. The van der Waals surface area contributed by atoms with Gasteiger partial charge in [-0.25, -0.2) is 0 Å². The van der Waals surface area contributed by atoms with E-state index in [4.69, 9.17) is 14.8 Å². The van der Waals surface area contributed by atoms with E-state index in [1.165, 1.54) is 167 Å². The molecular weight excluding hydrogens is 675 g/mol. The second kappa shape index (κ2) is 46.4. The predicted octanol–water partition coefficient (Wildman–Crippen LogP) is 12.9. The van der Waals surface area contributed by atoms with Crippen LogP contribution in [0.15, 0.2) is 0 Å². The number of rotatable bonds is 48. The third-order valence-electron chi connectivity index (χ3n) is 10.6. The van der Waals surface area contributed by atoms with Crippen LogP contribution in [0.4, 0.5) is 0 Å². The van der Waals surface area contributed by atoms with Crippen molar-refractivity contribution in [3.63, 3.8) is 0 Å². The first kappa shape index (κ1) is 53.0. The van der Waals surface area contributed by atoms with Gasteiger partial charge in [-0.3, -0.25) is 4.57 Å². The van der Waals surface area contributed by atoms with Crippen molar-refractivity contribution >= 4 is 7.60 Å². The molecule has 0 aliphatic carbocycles. The summed E-state index contributed by atoms with van der Waals surface area (Å²) in [6.45, 7) is 12.6. The van der Waals surface area contributed by atoms with Gasteiger partial charge >= 0.3 is 7.60 Å². The van der Waals surface area contributed by atoms with E-state index in [1.54, 1.807) is 0 Å². The molecule has 0 aromatic rings. The zero-order valence-electron chi connectivity index (χ0n) is 36.2. The lowest BCUT2D eigenvalue weighted by Crippen LogP contribution is -2.24. The summed E-state index contributed by atoms with van der Waals surface area (Å²) in [5.41, 5.74) is 5.53. The predicted molar refractivity (Wildman–Crippen MR) is 236 cm³/mol. The maximum atomic E-state index is 13.7. The number of hydrogen-bond acceptors (Lipinski definition) is 7. The maximum absolute atomic E-state index is 13.7. The molecule has 0 heterocycles. The molecule has 8 heteroatoms. The summed E-state index contributed by atoms with van der Waals surface area (Å²) < 4.78 is 25.8. The summed E-state index contributed by atoms with van der Waals surface area (Å²) in [5, 5.41) is 10.5. The van der Waals surface area contributed by atoms with Crippen LogP contribution >= 0.6 is 7.60 Å². The number of unbranched alkanes of at least 4 members (excludes halogenated alkanes) is 27. The minimum Gasteiger partial charge on any atom is -0.330 e. The highest BCUT2D eigenvalue weighted by Gasteiger charge is 2.23. The van der Waals surface area contributed by atoms with E-state index in [9.17, 15) is 4.57 Å². The van der Waals surface area contributed by atoms with Gasteiger partial charge in [-0.15, -0.1) is 0 Å². The van der Waals surface area contributed by atoms with Crippen molar-refractivity contribution in [3.05, 3.63) is 0 Å². The fourth-order valence-corrected chi connectivity index (χ4v) is 8.70. The molecule has 0 unspecified atom stereocenters. The second-order valence-corrected chi connectivity index (χ2v) is 18.2. The van der Waals surface area contributed by atoms with Crippen LogP contribution in [0, 0.1) is 0 Å². The van der Waals surface area contributed by atoms with Gasteiger partial charge in [0.15, 0.2) is 0 Å². The minimum atomic E-state index is -3.04. The van der Waals surface area contributed by atoms with Gasteiger partial charge in [0, 0.05) is 0 Å². The van der Waals surface area contributed by atoms with Crippen LogP contribution in [0.2, 0.25) is 0 Å². The Labute approximate surface area is 332 Å². The van der Waals surface area contributed by atoms with Gasteiger partial charge < -0.3 is 30.7 Å². The molecule has 0 fully saturated rings. The molecule has 7 nitrogen and oxygen atoms in total. The SMILES string of the molecule is CCCCCCCCCCCCCCCCOP(=O)(CCCNCCCNCCCCNCCCN)OCCCCCCCCCCCCCCCC. The van der Waals surface area contributed by atoms with Crippen molar-refractivity contribution in [1.82, 2.24) is 16.0 Å². The van der Waals surface area contributed by atoms with Crippen LogP contribution < -0.4 is 21.7 Å². The molecule has 0 aromatic carbocycles. The molecule has 0 saturated heterocycles. The van der Waals surface area contributed by atoms with E-state index < -0.39 is 7.60 Å². The number of nitrogens with one attached hydrogen (secondary N) is 3. The normalized spacial score (nSPS) is 12.0. The molecule has 0 aliphatic rings. The fourth-order valence-electron chi connectivity index (χ4n) is 7.01. The monoisotopic (exact) mass is 773 g/mol. The van der Waals surface area contributed by atoms with Crippen molar-refractivity contribution in [3.8, 4) is 0 Å². The molecule has 320 valence electrons. The lowest BCUT2D eigenvalue weighted by molar-refractivity contribution is 0.197. The van der Waals surface area contributed by atoms with Gasteiger partial charge in [-0.2, -0.15) is 0 Å².